The summed E-state index contributed by atoms with van der Waals surface area (Å²) in [6, 6.07) is 3.22. The highest BCUT2D eigenvalue weighted by molar-refractivity contribution is 7.18. The minimum Gasteiger partial charge on any atom is -0.360 e. The summed E-state index contributed by atoms with van der Waals surface area (Å²) in [7, 11) is 0. The molecule has 2 aromatic rings. The molecule has 2 heterocycles. The van der Waals surface area contributed by atoms with Crippen LogP contribution in [-0.2, 0) is 6.54 Å². The molecule has 19 heavy (non-hydrogen) atoms. The molecule has 2 aromatic heterocycles. The van der Waals surface area contributed by atoms with Crippen LogP contribution in [0.15, 0.2) is 16.9 Å². The maximum Gasteiger partial charge on any atom is 0.266 e. The van der Waals surface area contributed by atoms with Crippen LogP contribution < -0.4 is 10.9 Å². The van der Waals surface area contributed by atoms with E-state index in [1.807, 2.05) is 6.92 Å². The van der Waals surface area contributed by atoms with Crippen LogP contribution in [0.25, 0.3) is 10.7 Å². The van der Waals surface area contributed by atoms with Crippen molar-refractivity contribution < 1.29 is 0 Å². The van der Waals surface area contributed by atoms with Gasteiger partial charge in [-0.2, -0.15) is 5.10 Å². The molecule has 2 rings (SSSR count). The number of rotatable bonds is 6. The van der Waals surface area contributed by atoms with Crippen LogP contribution in [0.4, 0.5) is 5.13 Å². The maximum absolute atomic E-state index is 11.6. The van der Waals surface area contributed by atoms with Gasteiger partial charge in [-0.1, -0.05) is 25.2 Å². The summed E-state index contributed by atoms with van der Waals surface area (Å²) < 4.78 is 1.47. The van der Waals surface area contributed by atoms with Crippen LogP contribution in [0.1, 0.15) is 26.7 Å². The number of hydrogen-bond donors (Lipinski definition) is 1. The van der Waals surface area contributed by atoms with Gasteiger partial charge >= 0.3 is 0 Å². The molecule has 1 N–H and O–H groups in total. The molecule has 6 nitrogen and oxygen atoms in total. The Hall–Kier alpha value is -1.76. The molecule has 0 atom stereocenters. The molecule has 0 aliphatic rings. The van der Waals surface area contributed by atoms with Crippen molar-refractivity contribution in [2.24, 2.45) is 0 Å². The molecule has 0 aliphatic heterocycles. The van der Waals surface area contributed by atoms with E-state index in [1.54, 1.807) is 6.07 Å². The summed E-state index contributed by atoms with van der Waals surface area (Å²) in [6.45, 7) is 5.60. The smallest absolute Gasteiger partial charge is 0.266 e. The fourth-order valence-electron chi connectivity index (χ4n) is 1.57. The van der Waals surface area contributed by atoms with E-state index in [-0.39, 0.29) is 5.56 Å². The van der Waals surface area contributed by atoms with Crippen molar-refractivity contribution in [2.45, 2.75) is 33.2 Å². The SMILES string of the molecule is CCCNc1nnc(-c2ccc(=O)n(CCC)n2)s1. The second kappa shape index (κ2) is 6.42. The van der Waals surface area contributed by atoms with E-state index in [2.05, 4.69) is 27.5 Å². The molecule has 0 unspecified atom stereocenters. The molecule has 0 fully saturated rings. The average molecular weight is 279 g/mol. The third-order valence-electron chi connectivity index (χ3n) is 2.47. The zero-order valence-corrected chi connectivity index (χ0v) is 11.9. The molecule has 0 radical (unpaired) electrons. The van der Waals surface area contributed by atoms with Gasteiger partial charge in [0, 0.05) is 19.2 Å². The van der Waals surface area contributed by atoms with Gasteiger partial charge in [0.05, 0.1) is 0 Å². The lowest BCUT2D eigenvalue weighted by atomic mass is 10.4. The Labute approximate surface area is 115 Å². The van der Waals surface area contributed by atoms with E-state index in [4.69, 9.17) is 0 Å². The van der Waals surface area contributed by atoms with Crippen LogP contribution in [0.3, 0.4) is 0 Å². The Morgan fingerprint density at radius 2 is 2.11 bits per heavy atom. The second-order valence-electron chi connectivity index (χ2n) is 4.12. The number of hydrogen-bond acceptors (Lipinski definition) is 6. The third kappa shape index (κ3) is 3.37. The van der Waals surface area contributed by atoms with Gasteiger partial charge in [-0.3, -0.25) is 4.79 Å². The first kappa shape index (κ1) is 13.7. The second-order valence-corrected chi connectivity index (χ2v) is 5.10. The first-order chi connectivity index (χ1) is 9.24. The van der Waals surface area contributed by atoms with Gasteiger partial charge in [-0.25, -0.2) is 4.68 Å². The lowest BCUT2D eigenvalue weighted by Crippen LogP contribution is -2.21. The largest absolute Gasteiger partial charge is 0.360 e. The molecule has 0 saturated carbocycles. The summed E-state index contributed by atoms with van der Waals surface area (Å²) in [5, 5.41) is 17.2. The third-order valence-corrected chi connectivity index (χ3v) is 3.38. The van der Waals surface area contributed by atoms with E-state index in [0.29, 0.717) is 12.2 Å². The molecular formula is C12H17N5OS. The van der Waals surface area contributed by atoms with E-state index < -0.39 is 0 Å². The lowest BCUT2D eigenvalue weighted by molar-refractivity contribution is 0.570. The van der Waals surface area contributed by atoms with Gasteiger partial charge in [0.15, 0.2) is 5.01 Å². The highest BCUT2D eigenvalue weighted by atomic mass is 32.1. The highest BCUT2D eigenvalue weighted by Gasteiger charge is 2.09. The zero-order valence-electron chi connectivity index (χ0n) is 11.1. The zero-order chi connectivity index (χ0) is 13.7. The van der Waals surface area contributed by atoms with Crippen LogP contribution in [-0.4, -0.2) is 26.5 Å². The first-order valence-corrected chi connectivity index (χ1v) is 7.22. The summed E-state index contributed by atoms with van der Waals surface area (Å²) in [6.07, 6.45) is 1.91. The molecule has 0 bridgehead atoms. The molecule has 0 aromatic carbocycles. The molecule has 7 heteroatoms. The van der Waals surface area contributed by atoms with Crippen molar-refractivity contribution in [1.82, 2.24) is 20.0 Å². The fourth-order valence-corrected chi connectivity index (χ4v) is 2.30. The fraction of sp³-hybridized carbons (Fsp3) is 0.500. The first-order valence-electron chi connectivity index (χ1n) is 6.40. The Bertz CT molecular complexity index is 592. The van der Waals surface area contributed by atoms with E-state index >= 15 is 0 Å². The van der Waals surface area contributed by atoms with Crippen molar-refractivity contribution in [1.29, 1.82) is 0 Å². The van der Waals surface area contributed by atoms with Crippen molar-refractivity contribution in [3.8, 4) is 10.7 Å². The molecule has 0 amide bonds. The van der Waals surface area contributed by atoms with E-state index in [0.717, 1.165) is 29.5 Å². The van der Waals surface area contributed by atoms with E-state index in [1.165, 1.54) is 22.1 Å². The highest BCUT2D eigenvalue weighted by Crippen LogP contribution is 2.23. The van der Waals surface area contributed by atoms with Gasteiger partial charge in [0.1, 0.15) is 5.69 Å². The van der Waals surface area contributed by atoms with Gasteiger partial charge in [-0.15, -0.1) is 10.2 Å². The number of nitrogens with one attached hydrogen (secondary N) is 1. The predicted octanol–water partition coefficient (Wildman–Crippen LogP) is 1.99. The van der Waals surface area contributed by atoms with Crippen molar-refractivity contribution in [3.05, 3.63) is 22.5 Å². The molecule has 0 spiro atoms. The van der Waals surface area contributed by atoms with Gasteiger partial charge in [0.25, 0.3) is 5.56 Å². The minimum absolute atomic E-state index is 0.0838. The monoisotopic (exact) mass is 279 g/mol. The summed E-state index contributed by atoms with van der Waals surface area (Å²) in [4.78, 5) is 11.6. The van der Waals surface area contributed by atoms with Crippen LogP contribution in [0.2, 0.25) is 0 Å². The number of aryl methyl sites for hydroxylation is 1. The Morgan fingerprint density at radius 1 is 1.26 bits per heavy atom. The summed E-state index contributed by atoms with van der Waals surface area (Å²) in [5.74, 6) is 0. The van der Waals surface area contributed by atoms with Gasteiger partial charge in [0.2, 0.25) is 5.13 Å². The van der Waals surface area contributed by atoms with Crippen molar-refractivity contribution >= 4 is 16.5 Å². The molecule has 0 aliphatic carbocycles. The standard InChI is InChI=1S/C12H17N5OS/c1-3-7-13-12-15-14-11(19-12)9-5-6-10(18)17(16-9)8-4-2/h5-6H,3-4,7-8H2,1-2H3,(H,13,15). The average Bonchev–Trinajstić information content (AvgIpc) is 2.88. The topological polar surface area (TPSA) is 72.7 Å². The molecule has 0 saturated heterocycles. The predicted molar refractivity (Wildman–Crippen MR) is 76.5 cm³/mol. The Morgan fingerprint density at radius 3 is 2.84 bits per heavy atom. The molecular weight excluding hydrogens is 262 g/mol. The number of aromatic nitrogens is 4. The molecule has 102 valence electrons. The van der Waals surface area contributed by atoms with Crippen LogP contribution in [0.5, 0.6) is 0 Å². The maximum atomic E-state index is 11.6. The summed E-state index contributed by atoms with van der Waals surface area (Å²) in [5.41, 5.74) is 0.606. The van der Waals surface area contributed by atoms with E-state index in [9.17, 15) is 4.79 Å². The quantitative estimate of drug-likeness (QED) is 0.875. The number of anilines is 1. The van der Waals surface area contributed by atoms with Gasteiger partial charge in [-0.05, 0) is 18.9 Å². The lowest BCUT2D eigenvalue weighted by Gasteiger charge is -2.02. The van der Waals surface area contributed by atoms with Crippen molar-refractivity contribution in [2.75, 3.05) is 11.9 Å². The van der Waals surface area contributed by atoms with Crippen LogP contribution >= 0.6 is 11.3 Å². The van der Waals surface area contributed by atoms with Gasteiger partial charge < -0.3 is 5.32 Å². The Kier molecular flexibility index (Phi) is 4.62. The van der Waals surface area contributed by atoms with Crippen LogP contribution in [0, 0.1) is 0 Å². The van der Waals surface area contributed by atoms with Crippen molar-refractivity contribution in [3.63, 3.8) is 0 Å². The Balaban J connectivity index is 2.23. The normalized spacial score (nSPS) is 10.6. The number of nitrogens with zero attached hydrogens (tertiary/aromatic N) is 4. The minimum atomic E-state index is -0.0838. The summed E-state index contributed by atoms with van der Waals surface area (Å²) >= 11 is 1.45.